The minimum absolute atomic E-state index is 0.254. The van der Waals surface area contributed by atoms with Crippen LogP contribution in [-0.4, -0.2) is 18.6 Å². The van der Waals surface area contributed by atoms with Crippen LogP contribution in [-0.2, 0) is 0 Å². The molecule has 57 valence electrons. The number of nitrogens with zero attached hydrogens (tertiary/aromatic N) is 1. The predicted molar refractivity (Wildman–Crippen MR) is 40.7 cm³/mol. The van der Waals surface area contributed by atoms with Crippen LogP contribution in [0.1, 0.15) is 25.7 Å². The maximum atomic E-state index is 5.98. The summed E-state index contributed by atoms with van der Waals surface area (Å²) in [5.74, 6) is 0.826. The Labute approximate surface area is 62.2 Å². The summed E-state index contributed by atoms with van der Waals surface area (Å²) in [4.78, 5) is 0. The highest BCUT2D eigenvalue weighted by molar-refractivity contribution is 5.00. The molecular formula is C8H15N2. The van der Waals surface area contributed by atoms with E-state index in [2.05, 4.69) is 5.32 Å². The second-order valence-corrected chi connectivity index (χ2v) is 3.85. The maximum absolute atomic E-state index is 5.98. The average molecular weight is 139 g/mol. The summed E-state index contributed by atoms with van der Waals surface area (Å²) in [6.45, 7) is 2.17. The molecule has 0 aromatic rings. The number of rotatable bonds is 2. The average Bonchev–Trinajstić information content (AvgIpc) is 2.47. The zero-order chi connectivity index (χ0) is 7.03. The van der Waals surface area contributed by atoms with Crippen LogP contribution in [0.2, 0.25) is 0 Å². The Balaban J connectivity index is 1.78. The lowest BCUT2D eigenvalue weighted by molar-refractivity contribution is 0.451. The topological polar surface area (TPSA) is 40.1 Å². The van der Waals surface area contributed by atoms with Crippen molar-refractivity contribution in [3.8, 4) is 0 Å². The minimum atomic E-state index is 0.254. The first-order valence-corrected chi connectivity index (χ1v) is 4.21. The molecule has 10 heavy (non-hydrogen) atoms. The molecule has 1 saturated carbocycles. The van der Waals surface area contributed by atoms with Crippen molar-refractivity contribution >= 4 is 0 Å². The van der Waals surface area contributed by atoms with Gasteiger partial charge in [-0.2, -0.15) is 0 Å². The van der Waals surface area contributed by atoms with Crippen molar-refractivity contribution in [2.24, 2.45) is 11.7 Å². The molecule has 2 fully saturated rings. The van der Waals surface area contributed by atoms with Gasteiger partial charge in [-0.25, -0.2) is 5.32 Å². The van der Waals surface area contributed by atoms with Crippen molar-refractivity contribution in [2.45, 2.75) is 31.2 Å². The standard InChI is InChI=1S/C8H15N2/c9-8(2-3-8)5-7-1-4-10-6-7/h7H,1-6,9H2. The van der Waals surface area contributed by atoms with Gasteiger partial charge in [-0.05, 0) is 31.6 Å². The number of hydrogen-bond acceptors (Lipinski definition) is 1. The fourth-order valence-corrected chi connectivity index (χ4v) is 1.75. The lowest BCUT2D eigenvalue weighted by atomic mass is 9.98. The predicted octanol–water partition coefficient (Wildman–Crippen LogP) is 0.492. The normalized spacial score (nSPS) is 36.3. The zero-order valence-corrected chi connectivity index (χ0v) is 6.34. The van der Waals surface area contributed by atoms with Crippen LogP contribution >= 0.6 is 0 Å². The maximum Gasteiger partial charge on any atom is 0.0162 e. The Bertz CT molecular complexity index is 123. The third kappa shape index (κ3) is 1.32. The summed E-state index contributed by atoms with van der Waals surface area (Å²) in [7, 11) is 0. The minimum Gasteiger partial charge on any atom is -0.325 e. The second-order valence-electron chi connectivity index (χ2n) is 3.85. The van der Waals surface area contributed by atoms with E-state index in [4.69, 9.17) is 5.73 Å². The Morgan fingerprint density at radius 2 is 2.30 bits per heavy atom. The largest absolute Gasteiger partial charge is 0.325 e. The van der Waals surface area contributed by atoms with Crippen molar-refractivity contribution in [2.75, 3.05) is 13.1 Å². The van der Waals surface area contributed by atoms with E-state index in [1.165, 1.54) is 25.7 Å². The molecule has 1 heterocycles. The van der Waals surface area contributed by atoms with Crippen LogP contribution in [0.4, 0.5) is 0 Å². The molecule has 0 aromatic carbocycles. The van der Waals surface area contributed by atoms with Crippen LogP contribution in [0.15, 0.2) is 0 Å². The number of hydrogen-bond donors (Lipinski definition) is 1. The van der Waals surface area contributed by atoms with Crippen LogP contribution in [0.3, 0.4) is 0 Å². The van der Waals surface area contributed by atoms with Crippen LogP contribution < -0.4 is 11.1 Å². The molecule has 1 saturated heterocycles. The highest BCUT2D eigenvalue weighted by Gasteiger charge is 2.40. The highest BCUT2D eigenvalue weighted by Crippen LogP contribution is 2.39. The molecule has 1 radical (unpaired) electrons. The van der Waals surface area contributed by atoms with Gasteiger partial charge in [-0.1, -0.05) is 0 Å². The molecule has 0 bridgehead atoms. The van der Waals surface area contributed by atoms with E-state index in [0.29, 0.717) is 0 Å². The molecule has 0 aromatic heterocycles. The fourth-order valence-electron chi connectivity index (χ4n) is 1.75. The lowest BCUT2D eigenvalue weighted by Gasteiger charge is -2.12. The van der Waals surface area contributed by atoms with E-state index in [1.807, 2.05) is 0 Å². The van der Waals surface area contributed by atoms with Gasteiger partial charge in [0, 0.05) is 18.6 Å². The molecule has 2 nitrogen and oxygen atoms in total. The van der Waals surface area contributed by atoms with Gasteiger partial charge in [0.05, 0.1) is 0 Å². The van der Waals surface area contributed by atoms with Gasteiger partial charge in [0.1, 0.15) is 0 Å². The Morgan fingerprint density at radius 3 is 2.80 bits per heavy atom. The lowest BCUT2D eigenvalue weighted by Crippen LogP contribution is -2.25. The highest BCUT2D eigenvalue weighted by atomic mass is 14.9. The molecule has 2 N–H and O–H groups in total. The molecule has 1 aliphatic carbocycles. The van der Waals surface area contributed by atoms with Gasteiger partial charge in [-0.3, -0.25) is 0 Å². The summed E-state index contributed by atoms with van der Waals surface area (Å²) >= 11 is 0. The molecule has 2 aliphatic rings. The van der Waals surface area contributed by atoms with Gasteiger partial charge in [0.25, 0.3) is 0 Å². The third-order valence-electron chi connectivity index (χ3n) is 2.67. The first-order valence-electron chi connectivity index (χ1n) is 4.21. The molecule has 0 spiro atoms. The molecule has 2 heteroatoms. The van der Waals surface area contributed by atoms with E-state index in [1.54, 1.807) is 0 Å². The van der Waals surface area contributed by atoms with Crippen LogP contribution in [0, 0.1) is 5.92 Å². The summed E-state index contributed by atoms with van der Waals surface area (Å²) in [6.07, 6.45) is 5.03. The van der Waals surface area contributed by atoms with Crippen molar-refractivity contribution in [3.63, 3.8) is 0 Å². The quantitative estimate of drug-likeness (QED) is 0.594. The monoisotopic (exact) mass is 139 g/mol. The first kappa shape index (κ1) is 6.62. The van der Waals surface area contributed by atoms with Gasteiger partial charge in [0.15, 0.2) is 0 Å². The molecular weight excluding hydrogens is 124 g/mol. The van der Waals surface area contributed by atoms with Crippen molar-refractivity contribution in [3.05, 3.63) is 0 Å². The molecule has 1 unspecified atom stereocenters. The summed E-state index contributed by atoms with van der Waals surface area (Å²) in [6, 6.07) is 0. The molecule has 0 amide bonds. The summed E-state index contributed by atoms with van der Waals surface area (Å²) in [5, 5.41) is 4.32. The number of nitrogens with two attached hydrogens (primary N) is 1. The van der Waals surface area contributed by atoms with Crippen molar-refractivity contribution < 1.29 is 0 Å². The summed E-state index contributed by atoms with van der Waals surface area (Å²) in [5.41, 5.74) is 6.24. The SMILES string of the molecule is NC1(CC2CC[N]C2)CC1. The Hall–Kier alpha value is -0.0800. The Kier molecular flexibility index (Phi) is 1.46. The molecule has 2 rings (SSSR count). The Morgan fingerprint density at radius 1 is 1.50 bits per heavy atom. The molecule has 1 aliphatic heterocycles. The summed E-state index contributed by atoms with van der Waals surface area (Å²) < 4.78 is 0. The van der Waals surface area contributed by atoms with E-state index in [9.17, 15) is 0 Å². The smallest absolute Gasteiger partial charge is 0.0162 e. The fraction of sp³-hybridized carbons (Fsp3) is 1.00. The van der Waals surface area contributed by atoms with E-state index < -0.39 is 0 Å². The zero-order valence-electron chi connectivity index (χ0n) is 6.34. The van der Waals surface area contributed by atoms with Crippen molar-refractivity contribution in [1.82, 2.24) is 5.32 Å². The van der Waals surface area contributed by atoms with Crippen molar-refractivity contribution in [1.29, 1.82) is 0 Å². The van der Waals surface area contributed by atoms with Gasteiger partial charge < -0.3 is 5.73 Å². The van der Waals surface area contributed by atoms with Gasteiger partial charge in [-0.15, -0.1) is 0 Å². The first-order chi connectivity index (χ1) is 4.79. The van der Waals surface area contributed by atoms with E-state index in [-0.39, 0.29) is 5.54 Å². The molecule has 1 atom stereocenters. The van der Waals surface area contributed by atoms with Crippen LogP contribution in [0.25, 0.3) is 0 Å². The van der Waals surface area contributed by atoms with Crippen LogP contribution in [0.5, 0.6) is 0 Å². The van der Waals surface area contributed by atoms with E-state index in [0.717, 1.165) is 19.0 Å². The van der Waals surface area contributed by atoms with Gasteiger partial charge >= 0.3 is 0 Å². The second kappa shape index (κ2) is 2.21. The van der Waals surface area contributed by atoms with Gasteiger partial charge in [0.2, 0.25) is 0 Å². The van der Waals surface area contributed by atoms with E-state index >= 15 is 0 Å². The third-order valence-corrected chi connectivity index (χ3v) is 2.67.